The summed E-state index contributed by atoms with van der Waals surface area (Å²) in [5, 5.41) is 12.7. The standard InChI is InChI=1S/C48H92NO8P/c1-3-5-7-9-11-13-15-17-19-20-21-22-23-24-25-27-28-30-32-34-36-38-40-47(51)49-42-43-56-58(53,54)57-45-46(50)44-55-48(52)41-39-37-35-33-31-29-26-18-16-14-12-10-8-6-4-2/h12,14,18,26,46,50H,3-11,13,15-17,19-25,27-45H2,1-2H3,(H,49,51)(H,53,54)/b14-12-,26-18-. The smallest absolute Gasteiger partial charge is 0.463 e. The third-order valence-corrected chi connectivity index (χ3v) is 11.6. The fourth-order valence-electron chi connectivity index (χ4n) is 6.94. The first kappa shape index (κ1) is 56.5. The van der Waals surface area contributed by atoms with Gasteiger partial charge in [0, 0.05) is 19.4 Å². The Balaban J connectivity index is 3.54. The zero-order valence-electron chi connectivity index (χ0n) is 37.8. The predicted octanol–water partition coefficient (Wildman–Crippen LogP) is 13.9. The van der Waals surface area contributed by atoms with Crippen LogP contribution in [0.15, 0.2) is 24.3 Å². The average molecular weight is 842 g/mol. The molecule has 0 rings (SSSR count). The number of ether oxygens (including phenoxy) is 1. The van der Waals surface area contributed by atoms with E-state index >= 15 is 0 Å². The van der Waals surface area contributed by atoms with E-state index in [2.05, 4.69) is 43.5 Å². The molecule has 342 valence electrons. The Morgan fingerprint density at radius 2 is 0.931 bits per heavy atom. The quantitative estimate of drug-likeness (QED) is 0.0239. The molecule has 0 saturated carbocycles. The van der Waals surface area contributed by atoms with E-state index in [1.165, 1.54) is 148 Å². The van der Waals surface area contributed by atoms with E-state index in [1.807, 2.05) is 0 Å². The van der Waals surface area contributed by atoms with Gasteiger partial charge in [-0.15, -0.1) is 0 Å². The lowest BCUT2D eigenvalue weighted by molar-refractivity contribution is -0.147. The van der Waals surface area contributed by atoms with Crippen LogP contribution >= 0.6 is 7.82 Å². The Morgan fingerprint density at radius 3 is 1.41 bits per heavy atom. The molecule has 3 N–H and O–H groups in total. The van der Waals surface area contributed by atoms with E-state index in [0.717, 1.165) is 64.2 Å². The van der Waals surface area contributed by atoms with E-state index in [9.17, 15) is 24.2 Å². The van der Waals surface area contributed by atoms with Gasteiger partial charge in [0.2, 0.25) is 5.91 Å². The molecular weight excluding hydrogens is 750 g/mol. The zero-order chi connectivity index (χ0) is 42.5. The van der Waals surface area contributed by atoms with Gasteiger partial charge in [-0.05, 0) is 44.9 Å². The first-order valence-electron chi connectivity index (χ1n) is 24.3. The van der Waals surface area contributed by atoms with Crippen molar-refractivity contribution in [2.24, 2.45) is 0 Å². The lowest BCUT2D eigenvalue weighted by atomic mass is 10.0. The van der Waals surface area contributed by atoms with Crippen molar-refractivity contribution in [2.45, 2.75) is 245 Å². The van der Waals surface area contributed by atoms with Gasteiger partial charge in [0.25, 0.3) is 0 Å². The monoisotopic (exact) mass is 842 g/mol. The molecule has 0 aliphatic carbocycles. The number of esters is 1. The van der Waals surface area contributed by atoms with Gasteiger partial charge < -0.3 is 20.1 Å². The molecule has 58 heavy (non-hydrogen) atoms. The van der Waals surface area contributed by atoms with Gasteiger partial charge in [-0.1, -0.05) is 205 Å². The van der Waals surface area contributed by atoms with E-state index < -0.39 is 26.5 Å². The lowest BCUT2D eigenvalue weighted by Crippen LogP contribution is -2.27. The molecule has 0 aliphatic rings. The van der Waals surface area contributed by atoms with E-state index in [1.54, 1.807) is 0 Å². The number of nitrogens with one attached hydrogen (secondary N) is 1. The Labute approximate surface area is 357 Å². The van der Waals surface area contributed by atoms with Crippen molar-refractivity contribution in [3.63, 3.8) is 0 Å². The normalized spacial score (nSPS) is 13.4. The van der Waals surface area contributed by atoms with Gasteiger partial charge in [-0.3, -0.25) is 18.6 Å². The van der Waals surface area contributed by atoms with Crippen molar-refractivity contribution in [2.75, 3.05) is 26.4 Å². The molecule has 1 amide bonds. The number of phosphoric acid groups is 1. The van der Waals surface area contributed by atoms with Gasteiger partial charge in [0.05, 0.1) is 13.2 Å². The second-order valence-electron chi connectivity index (χ2n) is 16.4. The number of amides is 1. The molecule has 0 aromatic carbocycles. The summed E-state index contributed by atoms with van der Waals surface area (Å²) >= 11 is 0. The van der Waals surface area contributed by atoms with Crippen LogP contribution in [0.2, 0.25) is 0 Å². The summed E-state index contributed by atoms with van der Waals surface area (Å²) in [6, 6.07) is 0. The molecule has 0 fully saturated rings. The highest BCUT2D eigenvalue weighted by molar-refractivity contribution is 7.47. The molecule has 9 nitrogen and oxygen atoms in total. The first-order valence-corrected chi connectivity index (χ1v) is 25.8. The van der Waals surface area contributed by atoms with Crippen LogP contribution in [0.5, 0.6) is 0 Å². The number of carbonyl (C=O) groups excluding carboxylic acids is 2. The van der Waals surface area contributed by atoms with E-state index in [4.69, 9.17) is 13.8 Å². The maximum atomic E-state index is 12.1. The summed E-state index contributed by atoms with van der Waals surface area (Å²) in [4.78, 5) is 34.0. The Kier molecular flexibility index (Phi) is 43.9. The SMILES string of the molecule is CCCCC/C=C\C/C=C\CCCCCCCC(=O)OCC(O)COP(=O)(O)OCCNC(=O)CCCCCCCCCCCCCCCCCCCCCCCC. The average Bonchev–Trinajstić information content (AvgIpc) is 3.21. The molecule has 0 radical (unpaired) electrons. The van der Waals surface area contributed by atoms with Crippen LogP contribution in [-0.2, 0) is 27.9 Å². The van der Waals surface area contributed by atoms with E-state index in [-0.39, 0.29) is 32.1 Å². The molecule has 0 aliphatic heterocycles. The minimum atomic E-state index is -4.42. The molecule has 0 bridgehead atoms. The van der Waals surface area contributed by atoms with Crippen molar-refractivity contribution >= 4 is 19.7 Å². The fourth-order valence-corrected chi connectivity index (χ4v) is 7.70. The van der Waals surface area contributed by atoms with Crippen LogP contribution in [0.25, 0.3) is 0 Å². The number of rotatable bonds is 46. The highest BCUT2D eigenvalue weighted by Crippen LogP contribution is 2.42. The highest BCUT2D eigenvalue weighted by Gasteiger charge is 2.23. The molecule has 2 atom stereocenters. The lowest BCUT2D eigenvalue weighted by Gasteiger charge is -2.15. The minimum absolute atomic E-state index is 0.0837. The summed E-state index contributed by atoms with van der Waals surface area (Å²) in [5.74, 6) is -0.521. The van der Waals surface area contributed by atoms with Gasteiger partial charge in [0.1, 0.15) is 12.7 Å². The maximum absolute atomic E-state index is 12.1. The van der Waals surface area contributed by atoms with Gasteiger partial charge in [0.15, 0.2) is 0 Å². The van der Waals surface area contributed by atoms with Crippen LogP contribution in [0.1, 0.15) is 239 Å². The maximum Gasteiger partial charge on any atom is 0.472 e. The summed E-state index contributed by atoms with van der Waals surface area (Å²) in [5.41, 5.74) is 0. The van der Waals surface area contributed by atoms with Gasteiger partial charge >= 0.3 is 13.8 Å². The Morgan fingerprint density at radius 1 is 0.534 bits per heavy atom. The minimum Gasteiger partial charge on any atom is -0.463 e. The van der Waals surface area contributed by atoms with Crippen LogP contribution in [0, 0.1) is 0 Å². The van der Waals surface area contributed by atoms with Crippen molar-refractivity contribution in [3.8, 4) is 0 Å². The summed E-state index contributed by atoms with van der Waals surface area (Å²) < 4.78 is 26.9. The number of carbonyl (C=O) groups is 2. The van der Waals surface area contributed by atoms with E-state index in [0.29, 0.717) is 6.42 Å². The van der Waals surface area contributed by atoms with Crippen molar-refractivity contribution < 1.29 is 37.9 Å². The predicted molar refractivity (Wildman–Crippen MR) is 243 cm³/mol. The van der Waals surface area contributed by atoms with Crippen LogP contribution in [0.3, 0.4) is 0 Å². The molecular formula is C48H92NO8P. The molecule has 0 saturated heterocycles. The number of allylic oxidation sites excluding steroid dienone is 4. The second-order valence-corrected chi connectivity index (χ2v) is 17.9. The number of aliphatic hydroxyl groups is 1. The molecule has 0 spiro atoms. The Bertz CT molecular complexity index is 1010. The van der Waals surface area contributed by atoms with Gasteiger partial charge in [-0.25, -0.2) is 4.57 Å². The molecule has 0 aromatic rings. The van der Waals surface area contributed by atoms with Crippen molar-refractivity contribution in [1.29, 1.82) is 0 Å². The van der Waals surface area contributed by atoms with Crippen molar-refractivity contribution in [1.82, 2.24) is 5.32 Å². The first-order chi connectivity index (χ1) is 28.3. The summed E-state index contributed by atoms with van der Waals surface area (Å²) in [7, 11) is -4.42. The number of hydrogen-bond acceptors (Lipinski definition) is 7. The zero-order valence-corrected chi connectivity index (χ0v) is 38.6. The number of hydrogen-bond donors (Lipinski definition) is 3. The fraction of sp³-hybridized carbons (Fsp3) is 0.875. The summed E-state index contributed by atoms with van der Waals surface area (Å²) in [6.07, 6.45) is 49.7. The molecule has 0 aromatic heterocycles. The largest absolute Gasteiger partial charge is 0.472 e. The van der Waals surface area contributed by atoms with Crippen molar-refractivity contribution in [3.05, 3.63) is 24.3 Å². The third kappa shape index (κ3) is 45.6. The van der Waals surface area contributed by atoms with Crippen LogP contribution < -0.4 is 5.32 Å². The van der Waals surface area contributed by atoms with Crippen LogP contribution in [-0.4, -0.2) is 54.3 Å². The highest BCUT2D eigenvalue weighted by atomic mass is 31.2. The molecule has 0 heterocycles. The third-order valence-electron chi connectivity index (χ3n) is 10.6. The number of aliphatic hydroxyl groups excluding tert-OH is 1. The number of unbranched alkanes of at least 4 members (excludes halogenated alkanes) is 29. The Hall–Kier alpha value is -1.51. The topological polar surface area (TPSA) is 131 Å². The molecule has 10 heteroatoms. The van der Waals surface area contributed by atoms with Crippen LogP contribution in [0.4, 0.5) is 0 Å². The number of phosphoric ester groups is 1. The summed E-state index contributed by atoms with van der Waals surface area (Å²) in [6.45, 7) is 3.55. The second kappa shape index (κ2) is 45.0. The molecule has 2 unspecified atom stereocenters. The van der Waals surface area contributed by atoms with Gasteiger partial charge in [-0.2, -0.15) is 0 Å².